The van der Waals surface area contributed by atoms with E-state index in [-0.39, 0.29) is 35.6 Å². The lowest BCUT2D eigenvalue weighted by Gasteiger charge is -2.40. The fraction of sp³-hybridized carbons (Fsp3) is 0.394. The molecule has 2 atom stereocenters. The SMILES string of the molecule is COc1cc(C#N)ccc1COc1cccc(N2CCN(Cc3nc4c(OC(F)F)cc(C(=O)O)cc4n3C[C@@H]3CCO3)[C@@H](C)C2)n1. The molecule has 0 amide bonds. The number of nitrogens with zero attached hydrogens (tertiary/aromatic N) is 6. The first kappa shape index (κ1) is 32.0. The van der Waals surface area contributed by atoms with Crippen molar-refractivity contribution in [3.05, 3.63) is 71.0 Å². The van der Waals surface area contributed by atoms with Crippen LogP contribution in [0.1, 0.15) is 40.7 Å². The Kier molecular flexibility index (Phi) is 9.37. The standard InChI is InChI=1S/C33H34F2N6O6/c1-20-16-40(28-4-3-5-30(37-28)46-19-22-7-6-21(15-36)12-26(22)44-2)10-9-39(20)18-29-38-31-25(41(29)17-24-8-11-45-24)13-23(32(42)43)14-27(31)47-33(34)35/h3-7,12-14,20,24,33H,8-11,16-19H2,1-2H3,(H,42,43)/t20-,24-/m0/s1. The summed E-state index contributed by atoms with van der Waals surface area (Å²) in [6, 6.07) is 15.5. The van der Waals surface area contributed by atoms with Crippen LogP contribution in [0.25, 0.3) is 11.0 Å². The molecule has 0 unspecified atom stereocenters. The average Bonchev–Trinajstić information content (AvgIpc) is 3.39. The van der Waals surface area contributed by atoms with Crippen LogP contribution in [0, 0.1) is 11.3 Å². The van der Waals surface area contributed by atoms with Crippen LogP contribution >= 0.6 is 0 Å². The largest absolute Gasteiger partial charge is 0.496 e. The topological polar surface area (TPSA) is 135 Å². The number of aromatic nitrogens is 3. The molecule has 6 rings (SSSR count). The number of hydrogen-bond donors (Lipinski definition) is 1. The number of benzene rings is 2. The first-order valence-corrected chi connectivity index (χ1v) is 15.2. The number of fused-ring (bicyclic) bond motifs is 1. The number of carboxylic acids is 1. The Labute approximate surface area is 269 Å². The van der Waals surface area contributed by atoms with Gasteiger partial charge >= 0.3 is 12.6 Å². The summed E-state index contributed by atoms with van der Waals surface area (Å²) in [7, 11) is 1.55. The molecule has 14 heteroatoms. The maximum atomic E-state index is 13.3. The number of aromatic carboxylic acids is 1. The van der Waals surface area contributed by atoms with Gasteiger partial charge in [-0.2, -0.15) is 19.0 Å². The highest BCUT2D eigenvalue weighted by molar-refractivity contribution is 5.95. The van der Waals surface area contributed by atoms with Crippen LogP contribution in [-0.2, 0) is 24.4 Å². The van der Waals surface area contributed by atoms with E-state index in [2.05, 4.69) is 22.8 Å². The van der Waals surface area contributed by atoms with Gasteiger partial charge in [-0.05, 0) is 43.7 Å². The highest BCUT2D eigenvalue weighted by Crippen LogP contribution is 2.32. The molecular weight excluding hydrogens is 614 g/mol. The molecule has 2 saturated heterocycles. The van der Waals surface area contributed by atoms with Crippen LogP contribution < -0.4 is 19.1 Å². The summed E-state index contributed by atoms with van der Waals surface area (Å²) in [5, 5.41) is 18.8. The maximum absolute atomic E-state index is 13.3. The zero-order valence-electron chi connectivity index (χ0n) is 25.9. The first-order valence-electron chi connectivity index (χ1n) is 15.2. The average molecular weight is 649 g/mol. The smallest absolute Gasteiger partial charge is 0.387 e. The number of hydrogen-bond acceptors (Lipinski definition) is 10. The number of anilines is 1. The van der Waals surface area contributed by atoms with Crippen molar-refractivity contribution in [3.63, 3.8) is 0 Å². The number of nitriles is 1. The van der Waals surface area contributed by atoms with Crippen LogP contribution in [0.4, 0.5) is 14.6 Å². The van der Waals surface area contributed by atoms with Crippen LogP contribution in [0.15, 0.2) is 48.5 Å². The van der Waals surface area contributed by atoms with Gasteiger partial charge in [0.15, 0.2) is 5.75 Å². The van der Waals surface area contributed by atoms with E-state index < -0.39 is 12.6 Å². The molecule has 2 fully saturated rings. The normalized spacial score (nSPS) is 18.2. The van der Waals surface area contributed by atoms with E-state index in [4.69, 9.17) is 34.2 Å². The molecule has 0 radical (unpaired) electrons. The van der Waals surface area contributed by atoms with Gasteiger partial charge in [0.2, 0.25) is 5.88 Å². The van der Waals surface area contributed by atoms with Crippen LogP contribution in [0.2, 0.25) is 0 Å². The molecule has 2 aromatic heterocycles. The van der Waals surface area contributed by atoms with E-state index in [1.165, 1.54) is 6.07 Å². The Morgan fingerprint density at radius 1 is 1.17 bits per heavy atom. The van der Waals surface area contributed by atoms with Gasteiger partial charge in [-0.15, -0.1) is 0 Å². The molecule has 0 spiro atoms. The van der Waals surface area contributed by atoms with Crippen molar-refractivity contribution in [2.24, 2.45) is 0 Å². The van der Waals surface area contributed by atoms with Gasteiger partial charge in [0.05, 0.1) is 49.0 Å². The molecule has 246 valence electrons. The third kappa shape index (κ3) is 7.06. The van der Waals surface area contributed by atoms with Gasteiger partial charge in [0.1, 0.15) is 29.5 Å². The molecule has 47 heavy (non-hydrogen) atoms. The number of methoxy groups -OCH3 is 1. The zero-order valence-corrected chi connectivity index (χ0v) is 25.9. The second-order valence-corrected chi connectivity index (χ2v) is 11.5. The van der Waals surface area contributed by atoms with E-state index in [0.717, 1.165) is 23.9 Å². The number of alkyl halides is 2. The quantitative estimate of drug-likeness (QED) is 0.229. The lowest BCUT2D eigenvalue weighted by molar-refractivity contribution is -0.0592. The molecule has 0 bridgehead atoms. The van der Waals surface area contributed by atoms with Crippen molar-refractivity contribution in [2.75, 3.05) is 38.3 Å². The minimum absolute atomic E-state index is 0.0672. The number of halogens is 2. The van der Waals surface area contributed by atoms with Gasteiger partial charge in [0, 0.05) is 43.9 Å². The Morgan fingerprint density at radius 2 is 2.00 bits per heavy atom. The third-order valence-electron chi connectivity index (χ3n) is 8.47. The van der Waals surface area contributed by atoms with Crippen molar-refractivity contribution < 1.29 is 37.6 Å². The molecule has 2 aromatic carbocycles. The summed E-state index contributed by atoms with van der Waals surface area (Å²) < 4.78 is 50.2. The maximum Gasteiger partial charge on any atom is 0.387 e. The summed E-state index contributed by atoms with van der Waals surface area (Å²) in [5.41, 5.74) is 1.74. The summed E-state index contributed by atoms with van der Waals surface area (Å²) >= 11 is 0. The summed E-state index contributed by atoms with van der Waals surface area (Å²) in [6.07, 6.45) is 0.760. The predicted octanol–water partition coefficient (Wildman–Crippen LogP) is 4.69. The Bertz CT molecular complexity index is 1810. The summed E-state index contributed by atoms with van der Waals surface area (Å²) in [5.74, 6) is 0.891. The minimum atomic E-state index is -3.13. The molecule has 0 saturated carbocycles. The summed E-state index contributed by atoms with van der Waals surface area (Å²) in [4.78, 5) is 25.7. The Hall–Kier alpha value is -5.00. The number of carboxylic acid groups (broad SMARTS) is 1. The van der Waals surface area contributed by atoms with Gasteiger partial charge in [-0.3, -0.25) is 4.90 Å². The Balaban J connectivity index is 1.18. The van der Waals surface area contributed by atoms with Crippen molar-refractivity contribution in [2.45, 2.75) is 51.8 Å². The predicted molar refractivity (Wildman–Crippen MR) is 166 cm³/mol. The molecule has 1 N–H and O–H groups in total. The van der Waals surface area contributed by atoms with Crippen molar-refractivity contribution >= 4 is 22.8 Å². The van der Waals surface area contributed by atoms with Crippen molar-refractivity contribution in [3.8, 4) is 23.4 Å². The third-order valence-corrected chi connectivity index (χ3v) is 8.47. The van der Waals surface area contributed by atoms with Gasteiger partial charge in [-0.1, -0.05) is 12.1 Å². The van der Waals surface area contributed by atoms with Crippen LogP contribution in [-0.4, -0.2) is 82.6 Å². The number of pyridine rings is 1. The molecule has 12 nitrogen and oxygen atoms in total. The van der Waals surface area contributed by atoms with Gasteiger partial charge in [-0.25, -0.2) is 9.78 Å². The second kappa shape index (κ2) is 13.8. The van der Waals surface area contributed by atoms with Crippen molar-refractivity contribution in [1.82, 2.24) is 19.4 Å². The number of carbonyl (C=O) groups is 1. The fourth-order valence-corrected chi connectivity index (χ4v) is 5.87. The van der Waals surface area contributed by atoms with E-state index in [1.54, 1.807) is 31.4 Å². The summed E-state index contributed by atoms with van der Waals surface area (Å²) in [6.45, 7) is 2.65. The Morgan fingerprint density at radius 3 is 2.68 bits per heavy atom. The molecule has 2 aliphatic heterocycles. The first-order chi connectivity index (χ1) is 22.7. The van der Waals surface area contributed by atoms with Crippen molar-refractivity contribution in [1.29, 1.82) is 5.26 Å². The van der Waals surface area contributed by atoms with E-state index in [0.29, 0.717) is 67.9 Å². The second-order valence-electron chi connectivity index (χ2n) is 11.5. The van der Waals surface area contributed by atoms with Crippen LogP contribution in [0.3, 0.4) is 0 Å². The monoisotopic (exact) mass is 648 g/mol. The molecule has 0 aliphatic carbocycles. The molecule has 2 aliphatic rings. The molecule has 4 aromatic rings. The lowest BCUT2D eigenvalue weighted by Crippen LogP contribution is -2.52. The highest BCUT2D eigenvalue weighted by atomic mass is 19.3. The highest BCUT2D eigenvalue weighted by Gasteiger charge is 2.29. The van der Waals surface area contributed by atoms with Gasteiger partial charge < -0.3 is 33.5 Å². The fourth-order valence-electron chi connectivity index (χ4n) is 5.87. The number of imidazole rings is 1. The van der Waals surface area contributed by atoms with E-state index >= 15 is 0 Å². The lowest BCUT2D eigenvalue weighted by atomic mass is 10.1. The van der Waals surface area contributed by atoms with E-state index in [9.17, 15) is 18.7 Å². The van der Waals surface area contributed by atoms with Crippen LogP contribution in [0.5, 0.6) is 17.4 Å². The number of ether oxygens (including phenoxy) is 4. The van der Waals surface area contributed by atoms with E-state index in [1.807, 2.05) is 16.7 Å². The number of piperazine rings is 1. The zero-order chi connectivity index (χ0) is 33.1. The van der Waals surface area contributed by atoms with Gasteiger partial charge in [0.25, 0.3) is 0 Å². The number of rotatable bonds is 12. The minimum Gasteiger partial charge on any atom is -0.496 e. The molecular formula is C33H34F2N6O6. The molecule has 4 heterocycles.